The summed E-state index contributed by atoms with van der Waals surface area (Å²) in [6.07, 6.45) is 8.16. The van der Waals surface area contributed by atoms with Crippen LogP contribution in [0.25, 0.3) is 0 Å². The summed E-state index contributed by atoms with van der Waals surface area (Å²) in [6.45, 7) is 11.4. The Hall–Kier alpha value is -0.0400. The second-order valence-electron chi connectivity index (χ2n) is 7.15. The van der Waals surface area contributed by atoms with E-state index in [2.05, 4.69) is 34.6 Å². The average Bonchev–Trinajstić information content (AvgIpc) is 2.25. The van der Waals surface area contributed by atoms with Gasteiger partial charge in [-0.05, 0) is 36.5 Å². The van der Waals surface area contributed by atoms with E-state index in [1.54, 1.807) is 0 Å². The molecular formula is C16H32O. The van der Waals surface area contributed by atoms with Gasteiger partial charge in [0.25, 0.3) is 0 Å². The van der Waals surface area contributed by atoms with Crippen molar-refractivity contribution in [3.63, 3.8) is 0 Å². The third-order valence-corrected chi connectivity index (χ3v) is 4.84. The van der Waals surface area contributed by atoms with Gasteiger partial charge in [0, 0.05) is 0 Å². The predicted molar refractivity (Wildman–Crippen MR) is 75.1 cm³/mol. The molecule has 1 N–H and O–H groups in total. The maximum Gasteiger partial charge on any atom is 0.0683 e. The highest BCUT2D eigenvalue weighted by atomic mass is 16.3. The van der Waals surface area contributed by atoms with Crippen molar-refractivity contribution >= 4 is 0 Å². The molecule has 0 bridgehead atoms. The van der Waals surface area contributed by atoms with E-state index >= 15 is 0 Å². The first-order valence-corrected chi connectivity index (χ1v) is 7.56. The molecule has 1 aliphatic carbocycles. The Morgan fingerprint density at radius 1 is 1.18 bits per heavy atom. The van der Waals surface area contributed by atoms with Crippen LogP contribution in [0.3, 0.4) is 0 Å². The Morgan fingerprint density at radius 2 is 1.76 bits per heavy atom. The molecule has 2 unspecified atom stereocenters. The first-order valence-electron chi connectivity index (χ1n) is 7.56. The lowest BCUT2D eigenvalue weighted by Gasteiger charge is -2.48. The Morgan fingerprint density at radius 3 is 2.24 bits per heavy atom. The van der Waals surface area contributed by atoms with Gasteiger partial charge in [-0.15, -0.1) is 0 Å². The fourth-order valence-electron chi connectivity index (χ4n) is 3.78. The zero-order valence-electron chi connectivity index (χ0n) is 12.6. The van der Waals surface area contributed by atoms with Gasteiger partial charge >= 0.3 is 0 Å². The van der Waals surface area contributed by atoms with Gasteiger partial charge in [0.15, 0.2) is 0 Å². The topological polar surface area (TPSA) is 20.2 Å². The average molecular weight is 240 g/mol. The van der Waals surface area contributed by atoms with Crippen molar-refractivity contribution < 1.29 is 5.11 Å². The lowest BCUT2D eigenvalue weighted by molar-refractivity contribution is -0.104. The van der Waals surface area contributed by atoms with Crippen molar-refractivity contribution in [2.24, 2.45) is 17.3 Å². The molecule has 2 atom stereocenters. The summed E-state index contributed by atoms with van der Waals surface area (Å²) in [4.78, 5) is 0. The molecule has 0 amide bonds. The second kappa shape index (κ2) is 5.73. The van der Waals surface area contributed by atoms with E-state index in [9.17, 15) is 5.11 Å². The van der Waals surface area contributed by atoms with Crippen LogP contribution in [-0.2, 0) is 0 Å². The van der Waals surface area contributed by atoms with E-state index in [0.29, 0.717) is 11.8 Å². The zero-order chi connectivity index (χ0) is 13.1. The van der Waals surface area contributed by atoms with Gasteiger partial charge in [-0.3, -0.25) is 0 Å². The van der Waals surface area contributed by atoms with Crippen LogP contribution in [0.2, 0.25) is 0 Å². The lowest BCUT2D eigenvalue weighted by atomic mass is 9.61. The highest BCUT2D eigenvalue weighted by molar-refractivity contribution is 4.96. The summed E-state index contributed by atoms with van der Waals surface area (Å²) in [5.74, 6) is 1.17. The van der Waals surface area contributed by atoms with Gasteiger partial charge in [-0.1, -0.05) is 60.3 Å². The fourth-order valence-corrected chi connectivity index (χ4v) is 3.78. The van der Waals surface area contributed by atoms with Crippen molar-refractivity contribution in [1.29, 1.82) is 0 Å². The Balaban J connectivity index is 2.80. The van der Waals surface area contributed by atoms with Crippen molar-refractivity contribution in [3.05, 3.63) is 0 Å². The molecular weight excluding hydrogens is 208 g/mol. The third-order valence-electron chi connectivity index (χ3n) is 4.84. The predicted octanol–water partition coefficient (Wildman–Crippen LogP) is 4.78. The van der Waals surface area contributed by atoms with E-state index in [1.807, 2.05) is 0 Å². The lowest BCUT2D eigenvalue weighted by Crippen LogP contribution is -2.48. The summed E-state index contributed by atoms with van der Waals surface area (Å²) in [5.41, 5.74) is -0.158. The summed E-state index contributed by atoms with van der Waals surface area (Å²) in [5, 5.41) is 11.1. The Labute approximate surface area is 108 Å². The highest BCUT2D eigenvalue weighted by Gasteiger charge is 2.45. The molecule has 1 saturated carbocycles. The second-order valence-corrected chi connectivity index (χ2v) is 7.15. The SMILES string of the molecule is CCC(CC)CC1(O)CCCCC1C(C)(C)C. The molecule has 0 aliphatic heterocycles. The Kier molecular flexibility index (Phi) is 5.07. The van der Waals surface area contributed by atoms with E-state index < -0.39 is 5.60 Å². The first-order chi connectivity index (χ1) is 7.83. The quantitative estimate of drug-likeness (QED) is 0.749. The summed E-state index contributed by atoms with van der Waals surface area (Å²) in [6, 6.07) is 0. The molecule has 1 nitrogen and oxygen atoms in total. The molecule has 1 rings (SSSR count). The zero-order valence-corrected chi connectivity index (χ0v) is 12.6. The molecule has 0 aromatic rings. The van der Waals surface area contributed by atoms with Gasteiger partial charge in [-0.2, -0.15) is 0 Å². The van der Waals surface area contributed by atoms with E-state index in [1.165, 1.54) is 32.1 Å². The van der Waals surface area contributed by atoms with Gasteiger partial charge < -0.3 is 5.11 Å². The monoisotopic (exact) mass is 240 g/mol. The van der Waals surface area contributed by atoms with Crippen LogP contribution in [0.15, 0.2) is 0 Å². The molecule has 1 aliphatic rings. The van der Waals surface area contributed by atoms with E-state index in [-0.39, 0.29) is 5.41 Å². The maximum absolute atomic E-state index is 11.1. The van der Waals surface area contributed by atoms with Crippen LogP contribution < -0.4 is 0 Å². The fraction of sp³-hybridized carbons (Fsp3) is 1.00. The summed E-state index contributed by atoms with van der Waals surface area (Å²) < 4.78 is 0. The molecule has 17 heavy (non-hydrogen) atoms. The van der Waals surface area contributed by atoms with Crippen LogP contribution in [0.5, 0.6) is 0 Å². The minimum absolute atomic E-state index is 0.237. The molecule has 0 saturated heterocycles. The standard InChI is InChI=1S/C16H32O/c1-6-13(7-2)12-16(17)11-9-8-10-14(16)15(3,4)5/h13-14,17H,6-12H2,1-5H3. The summed E-state index contributed by atoms with van der Waals surface area (Å²) in [7, 11) is 0. The van der Waals surface area contributed by atoms with Crippen molar-refractivity contribution in [1.82, 2.24) is 0 Å². The Bertz CT molecular complexity index is 224. The molecule has 0 spiro atoms. The molecule has 1 heteroatoms. The molecule has 0 aromatic heterocycles. The van der Waals surface area contributed by atoms with Crippen LogP contribution in [-0.4, -0.2) is 10.7 Å². The largest absolute Gasteiger partial charge is 0.390 e. The van der Waals surface area contributed by atoms with Gasteiger partial charge in [0.1, 0.15) is 0 Å². The van der Waals surface area contributed by atoms with Crippen molar-refractivity contribution in [2.45, 2.75) is 85.2 Å². The molecule has 1 fully saturated rings. The molecule has 0 aromatic carbocycles. The van der Waals surface area contributed by atoms with Crippen LogP contribution >= 0.6 is 0 Å². The number of rotatable bonds is 4. The first kappa shape index (κ1) is 15.0. The third kappa shape index (κ3) is 3.71. The minimum atomic E-state index is -0.396. The normalized spacial score (nSPS) is 30.9. The number of aliphatic hydroxyl groups is 1. The van der Waals surface area contributed by atoms with Gasteiger partial charge in [0.05, 0.1) is 5.60 Å². The van der Waals surface area contributed by atoms with Gasteiger partial charge in [-0.25, -0.2) is 0 Å². The van der Waals surface area contributed by atoms with Gasteiger partial charge in [0.2, 0.25) is 0 Å². The smallest absolute Gasteiger partial charge is 0.0683 e. The maximum atomic E-state index is 11.1. The summed E-state index contributed by atoms with van der Waals surface area (Å²) >= 11 is 0. The molecule has 0 heterocycles. The van der Waals surface area contributed by atoms with E-state index in [0.717, 1.165) is 12.8 Å². The van der Waals surface area contributed by atoms with E-state index in [4.69, 9.17) is 0 Å². The van der Waals surface area contributed by atoms with Crippen LogP contribution in [0.1, 0.15) is 79.6 Å². The van der Waals surface area contributed by atoms with Crippen molar-refractivity contribution in [3.8, 4) is 0 Å². The number of hydrogen-bond donors (Lipinski definition) is 1. The molecule has 0 radical (unpaired) electrons. The number of hydrogen-bond acceptors (Lipinski definition) is 1. The van der Waals surface area contributed by atoms with Crippen LogP contribution in [0, 0.1) is 17.3 Å². The van der Waals surface area contributed by atoms with Crippen molar-refractivity contribution in [2.75, 3.05) is 0 Å². The molecule has 102 valence electrons. The highest BCUT2D eigenvalue weighted by Crippen LogP contribution is 2.47. The minimum Gasteiger partial charge on any atom is -0.390 e. The van der Waals surface area contributed by atoms with Crippen LogP contribution in [0.4, 0.5) is 0 Å².